The molecule has 7 rings (SSSR count). The van der Waals surface area contributed by atoms with E-state index in [-0.39, 0.29) is 24.4 Å². The molecule has 13 nitrogen and oxygen atoms in total. The first kappa shape index (κ1) is 33.2. The number of likely N-dealkylation sites (tertiary alicyclic amines) is 2. The maximum Gasteiger partial charge on any atom is 0.426 e. The van der Waals surface area contributed by atoms with Gasteiger partial charge in [0.2, 0.25) is 5.91 Å². The van der Waals surface area contributed by atoms with E-state index in [0.29, 0.717) is 69.1 Å². The number of amides is 4. The van der Waals surface area contributed by atoms with E-state index in [4.69, 9.17) is 9.25 Å². The van der Waals surface area contributed by atoms with Gasteiger partial charge in [-0.3, -0.25) is 9.78 Å². The van der Waals surface area contributed by atoms with Crippen molar-refractivity contribution in [2.45, 2.75) is 89.4 Å². The third kappa shape index (κ3) is 7.47. The monoisotopic (exact) mass is 673 g/mol. The molecular weight excluding hydrogens is 626 g/mol. The van der Waals surface area contributed by atoms with Gasteiger partial charge in [0, 0.05) is 56.9 Å². The number of nitrogens with zero attached hydrogens (tertiary/aromatic N) is 4. The average Bonchev–Trinajstić information content (AvgIpc) is 3.51. The first-order valence-corrected chi connectivity index (χ1v) is 17.9. The summed E-state index contributed by atoms with van der Waals surface area (Å²) < 4.78 is 5.38. The van der Waals surface area contributed by atoms with Crippen molar-refractivity contribution < 1.29 is 23.6 Å². The predicted molar refractivity (Wildman–Crippen MR) is 184 cm³/mol. The fourth-order valence-corrected chi connectivity index (χ4v) is 8.02. The maximum atomic E-state index is 14.1. The summed E-state index contributed by atoms with van der Waals surface area (Å²) in [5, 5.41) is 7.49. The zero-order valence-corrected chi connectivity index (χ0v) is 28.2. The smallest absolute Gasteiger partial charge is 0.408 e. The highest BCUT2D eigenvalue weighted by Gasteiger charge is 2.35. The number of H-pyrrole nitrogens is 1. The molecule has 1 aromatic heterocycles. The number of benzene rings is 2. The first-order valence-electron chi connectivity index (χ1n) is 17.9. The number of hydrogen-bond donors (Lipinski definition) is 3. The molecule has 0 saturated carbocycles. The molecule has 5 heterocycles. The van der Waals surface area contributed by atoms with Gasteiger partial charge in [0.25, 0.3) is 0 Å². The standard InChI is InChI=1S/C36H47N7O6/c1-2-25-20-24(22-31-32(25)39-35(46)48-31)21-30(33(44)41-16-10-27(11-17-41)40-14-6-3-7-15-40)38-36(47)49-42-18-12-28(13-19-42)43-23-26-8-4-5-9-29(26)37-34(43)45/h4-5,8-9,20,22,27-28,30H,2-3,6-7,10-19,21,23H2,1H3,(H,37,45)(H,38,47)(H,39,46). The predicted octanol–water partition coefficient (Wildman–Crippen LogP) is 4.22. The zero-order valence-electron chi connectivity index (χ0n) is 28.2. The molecule has 3 N–H and O–H groups in total. The third-order valence-corrected chi connectivity index (χ3v) is 10.7. The number of rotatable bonds is 8. The van der Waals surface area contributed by atoms with E-state index >= 15 is 0 Å². The molecule has 0 radical (unpaired) electrons. The van der Waals surface area contributed by atoms with E-state index in [1.807, 2.05) is 47.1 Å². The topological polar surface area (TPSA) is 143 Å². The third-order valence-electron chi connectivity index (χ3n) is 10.7. The quantitative estimate of drug-likeness (QED) is 0.323. The van der Waals surface area contributed by atoms with Gasteiger partial charge in [-0.05, 0) is 86.9 Å². The average molecular weight is 674 g/mol. The number of piperidine rings is 3. The van der Waals surface area contributed by atoms with E-state index in [9.17, 15) is 19.2 Å². The molecule has 1 unspecified atom stereocenters. The Bertz CT molecular complexity index is 1720. The molecule has 3 saturated heterocycles. The molecule has 3 fully saturated rings. The van der Waals surface area contributed by atoms with Crippen molar-refractivity contribution in [3.05, 3.63) is 63.6 Å². The van der Waals surface area contributed by atoms with Crippen LogP contribution in [-0.4, -0.2) is 100 Å². The van der Waals surface area contributed by atoms with Crippen LogP contribution in [0.1, 0.15) is 68.6 Å². The minimum absolute atomic E-state index is 0.0228. The number of carbonyl (C=O) groups excluding carboxylic acids is 3. The largest absolute Gasteiger partial charge is 0.426 e. The van der Waals surface area contributed by atoms with E-state index < -0.39 is 17.9 Å². The highest BCUT2D eigenvalue weighted by Crippen LogP contribution is 2.28. The molecule has 0 aliphatic carbocycles. The molecule has 1 atom stereocenters. The fraction of sp³-hybridized carbons (Fsp3) is 0.556. The minimum Gasteiger partial charge on any atom is -0.408 e. The normalized spacial score (nSPS) is 20.6. The van der Waals surface area contributed by atoms with Crippen molar-refractivity contribution in [3.63, 3.8) is 0 Å². The number of anilines is 1. The van der Waals surface area contributed by atoms with Crippen LogP contribution < -0.4 is 16.4 Å². The highest BCUT2D eigenvalue weighted by molar-refractivity contribution is 5.92. The van der Waals surface area contributed by atoms with Gasteiger partial charge in [0.1, 0.15) is 6.04 Å². The number of fused-ring (bicyclic) bond motifs is 2. The number of hydrogen-bond acceptors (Lipinski definition) is 8. The van der Waals surface area contributed by atoms with Gasteiger partial charge in [0.15, 0.2) is 5.58 Å². The summed E-state index contributed by atoms with van der Waals surface area (Å²) in [6.07, 6.45) is 7.10. The van der Waals surface area contributed by atoms with Crippen LogP contribution in [0.15, 0.2) is 45.6 Å². The second kappa shape index (κ2) is 14.6. The SMILES string of the molecule is CCc1cc(CC(NC(=O)ON2CCC(N3Cc4ccccc4NC3=O)CC2)C(=O)N2CCC(N3CCCCC3)CC2)cc2oc(=O)[nH]c12. The van der Waals surface area contributed by atoms with Crippen molar-refractivity contribution >= 4 is 34.8 Å². The molecule has 3 aromatic rings. The number of urea groups is 1. The van der Waals surface area contributed by atoms with E-state index in [2.05, 4.69) is 20.5 Å². The summed E-state index contributed by atoms with van der Waals surface area (Å²) in [5.41, 5.74) is 4.71. The Morgan fingerprint density at radius 2 is 1.69 bits per heavy atom. The maximum absolute atomic E-state index is 14.1. The van der Waals surface area contributed by atoms with Gasteiger partial charge < -0.3 is 34.6 Å². The van der Waals surface area contributed by atoms with Gasteiger partial charge in [-0.2, -0.15) is 0 Å². The Morgan fingerprint density at radius 3 is 2.45 bits per heavy atom. The van der Waals surface area contributed by atoms with E-state index in [1.165, 1.54) is 19.3 Å². The summed E-state index contributed by atoms with van der Waals surface area (Å²) in [6.45, 7) is 7.01. The lowest BCUT2D eigenvalue weighted by atomic mass is 9.97. The summed E-state index contributed by atoms with van der Waals surface area (Å²) >= 11 is 0. The van der Waals surface area contributed by atoms with Gasteiger partial charge >= 0.3 is 17.9 Å². The molecule has 0 bridgehead atoms. The number of aromatic nitrogens is 1. The molecule has 262 valence electrons. The lowest BCUT2D eigenvalue weighted by molar-refractivity contribution is -0.137. The van der Waals surface area contributed by atoms with Crippen LogP contribution in [0.3, 0.4) is 0 Å². The van der Waals surface area contributed by atoms with Gasteiger partial charge in [-0.25, -0.2) is 14.4 Å². The number of carbonyl (C=O) groups is 3. The molecule has 13 heteroatoms. The molecule has 49 heavy (non-hydrogen) atoms. The second-order valence-electron chi connectivity index (χ2n) is 13.8. The Hall–Kier alpha value is -4.36. The van der Waals surface area contributed by atoms with E-state index in [1.54, 1.807) is 11.1 Å². The number of aryl methyl sites for hydroxylation is 1. The van der Waals surface area contributed by atoms with Crippen molar-refractivity contribution in [2.75, 3.05) is 44.6 Å². The molecule has 2 aromatic carbocycles. The van der Waals surface area contributed by atoms with E-state index in [0.717, 1.165) is 48.3 Å². The van der Waals surface area contributed by atoms with Crippen molar-refractivity contribution in [1.82, 2.24) is 30.1 Å². The molecular formula is C36H47N7O6. The Morgan fingerprint density at radius 1 is 0.959 bits per heavy atom. The number of hydroxylamine groups is 2. The highest BCUT2D eigenvalue weighted by atomic mass is 16.7. The lowest BCUT2D eigenvalue weighted by Crippen LogP contribution is -2.55. The number of para-hydroxylation sites is 1. The van der Waals surface area contributed by atoms with Crippen LogP contribution >= 0.6 is 0 Å². The summed E-state index contributed by atoms with van der Waals surface area (Å²) in [5.74, 6) is -0.667. The first-order chi connectivity index (χ1) is 23.8. The molecule has 4 amide bonds. The van der Waals surface area contributed by atoms with Crippen LogP contribution in [0, 0.1) is 0 Å². The van der Waals surface area contributed by atoms with Crippen molar-refractivity contribution in [1.29, 1.82) is 0 Å². The van der Waals surface area contributed by atoms with Gasteiger partial charge in [-0.15, -0.1) is 5.06 Å². The van der Waals surface area contributed by atoms with Crippen molar-refractivity contribution in [2.24, 2.45) is 0 Å². The number of oxazole rings is 1. The van der Waals surface area contributed by atoms with Crippen molar-refractivity contribution in [3.8, 4) is 0 Å². The number of aromatic amines is 1. The molecule has 4 aliphatic heterocycles. The number of nitrogens with one attached hydrogen (secondary N) is 3. The summed E-state index contributed by atoms with van der Waals surface area (Å²) in [7, 11) is 0. The zero-order chi connectivity index (χ0) is 33.9. The fourth-order valence-electron chi connectivity index (χ4n) is 8.02. The van der Waals surface area contributed by atoms with Crippen LogP contribution in [-0.2, 0) is 29.0 Å². The lowest BCUT2D eigenvalue weighted by Gasteiger charge is -2.41. The van der Waals surface area contributed by atoms with Crippen LogP contribution in [0.2, 0.25) is 0 Å². The van der Waals surface area contributed by atoms with Crippen LogP contribution in [0.5, 0.6) is 0 Å². The Kier molecular flexibility index (Phi) is 9.90. The Labute approximate surface area is 285 Å². The summed E-state index contributed by atoms with van der Waals surface area (Å²) in [4.78, 5) is 67.1. The minimum atomic E-state index is -0.860. The molecule has 4 aliphatic rings. The van der Waals surface area contributed by atoms with Gasteiger partial charge in [0.05, 0.1) is 5.52 Å². The molecule has 0 spiro atoms. The van der Waals surface area contributed by atoms with Crippen LogP contribution in [0.25, 0.3) is 11.1 Å². The Balaban J connectivity index is 0.998. The summed E-state index contributed by atoms with van der Waals surface area (Å²) in [6, 6.07) is 11.1. The van der Waals surface area contributed by atoms with Gasteiger partial charge in [-0.1, -0.05) is 37.6 Å². The van der Waals surface area contributed by atoms with Crippen LogP contribution in [0.4, 0.5) is 15.3 Å². The second-order valence-corrected chi connectivity index (χ2v) is 13.8.